The van der Waals surface area contributed by atoms with Gasteiger partial charge in [-0.25, -0.2) is 8.78 Å². The minimum absolute atomic E-state index is 0.00497. The molecule has 0 aromatic heterocycles. The number of benzene rings is 1. The molecule has 0 saturated carbocycles. The van der Waals surface area contributed by atoms with Crippen LogP contribution in [0.5, 0.6) is 0 Å². The van der Waals surface area contributed by atoms with Crippen LogP contribution in [-0.4, -0.2) is 0 Å². The maximum atomic E-state index is 13.6. The summed E-state index contributed by atoms with van der Waals surface area (Å²) in [7, 11) is 0. The highest BCUT2D eigenvalue weighted by molar-refractivity contribution is 6.20. The van der Waals surface area contributed by atoms with E-state index in [0.717, 1.165) is 0 Å². The van der Waals surface area contributed by atoms with Crippen molar-refractivity contribution in [1.29, 1.82) is 0 Å². The van der Waals surface area contributed by atoms with Gasteiger partial charge in [0.15, 0.2) is 0 Å². The summed E-state index contributed by atoms with van der Waals surface area (Å²) in [6, 6.07) is 2.69. The van der Waals surface area contributed by atoms with E-state index in [4.69, 9.17) is 11.6 Å². The van der Waals surface area contributed by atoms with Gasteiger partial charge in [0, 0.05) is 5.56 Å². The Labute approximate surface area is 94.3 Å². The van der Waals surface area contributed by atoms with E-state index in [1.165, 1.54) is 12.1 Å². The van der Waals surface area contributed by atoms with Gasteiger partial charge in [-0.1, -0.05) is 19.9 Å². The van der Waals surface area contributed by atoms with Crippen LogP contribution in [0.4, 0.5) is 8.78 Å². The van der Waals surface area contributed by atoms with Crippen molar-refractivity contribution in [1.82, 2.24) is 0 Å². The topological polar surface area (TPSA) is 0 Å². The molecule has 3 heteroatoms. The van der Waals surface area contributed by atoms with Crippen LogP contribution in [-0.2, 0) is 0 Å². The molecule has 1 aromatic rings. The molecule has 0 fully saturated rings. The highest BCUT2D eigenvalue weighted by Crippen LogP contribution is 2.32. The lowest BCUT2D eigenvalue weighted by Gasteiger charge is -2.15. The van der Waals surface area contributed by atoms with Crippen molar-refractivity contribution in [2.75, 3.05) is 0 Å². The number of halogens is 3. The van der Waals surface area contributed by atoms with Gasteiger partial charge in [0.05, 0.1) is 5.38 Å². The highest BCUT2D eigenvalue weighted by Gasteiger charge is 2.20. The first kappa shape index (κ1) is 12.4. The fraction of sp³-hybridized carbons (Fsp3) is 0.500. The van der Waals surface area contributed by atoms with Crippen molar-refractivity contribution in [3.63, 3.8) is 0 Å². The summed E-state index contributed by atoms with van der Waals surface area (Å²) in [5.74, 6) is -0.763. The van der Waals surface area contributed by atoms with Gasteiger partial charge in [0.1, 0.15) is 11.6 Å². The average molecular weight is 233 g/mol. The molecule has 0 aliphatic heterocycles. The number of hydrogen-bond donors (Lipinski definition) is 0. The Hall–Kier alpha value is -0.630. The number of aryl methyl sites for hydroxylation is 1. The van der Waals surface area contributed by atoms with Gasteiger partial charge in [-0.2, -0.15) is 0 Å². The molecule has 0 nitrogen and oxygen atoms in total. The zero-order valence-corrected chi connectivity index (χ0v) is 9.91. The van der Waals surface area contributed by atoms with Crippen LogP contribution in [0.25, 0.3) is 0 Å². The highest BCUT2D eigenvalue weighted by atomic mass is 35.5. The zero-order chi connectivity index (χ0) is 11.6. The van der Waals surface area contributed by atoms with Crippen LogP contribution in [0, 0.1) is 24.5 Å². The summed E-state index contributed by atoms with van der Waals surface area (Å²) >= 11 is 6.00. The molecule has 0 aliphatic carbocycles. The van der Waals surface area contributed by atoms with Crippen LogP contribution >= 0.6 is 11.6 Å². The monoisotopic (exact) mass is 232 g/mol. The summed E-state index contributed by atoms with van der Waals surface area (Å²) in [6.07, 6.45) is 0.568. The van der Waals surface area contributed by atoms with E-state index in [-0.39, 0.29) is 5.56 Å². The molecule has 1 unspecified atom stereocenters. The predicted octanol–water partition coefficient (Wildman–Crippen LogP) is 4.60. The van der Waals surface area contributed by atoms with Gasteiger partial charge in [0.2, 0.25) is 0 Å². The molecule has 0 aliphatic rings. The van der Waals surface area contributed by atoms with E-state index in [0.29, 0.717) is 17.9 Å². The van der Waals surface area contributed by atoms with E-state index in [1.807, 2.05) is 13.8 Å². The van der Waals surface area contributed by atoms with E-state index in [2.05, 4.69) is 0 Å². The third-order valence-corrected chi connectivity index (χ3v) is 2.71. The Morgan fingerprint density at radius 3 is 2.40 bits per heavy atom. The smallest absolute Gasteiger partial charge is 0.133 e. The van der Waals surface area contributed by atoms with Crippen molar-refractivity contribution < 1.29 is 8.78 Å². The molecule has 0 N–H and O–H groups in total. The minimum Gasteiger partial charge on any atom is -0.207 e. The minimum atomic E-state index is -0.593. The summed E-state index contributed by atoms with van der Waals surface area (Å²) in [6.45, 7) is 5.55. The fourth-order valence-corrected chi connectivity index (χ4v) is 2.05. The van der Waals surface area contributed by atoms with Gasteiger partial charge in [0.25, 0.3) is 0 Å². The molecular formula is C12H15ClF2. The van der Waals surface area contributed by atoms with Gasteiger partial charge in [-0.15, -0.1) is 11.6 Å². The second-order valence-corrected chi connectivity index (χ2v) is 4.72. The molecule has 84 valence electrons. The maximum Gasteiger partial charge on any atom is 0.133 e. The van der Waals surface area contributed by atoms with Crippen LogP contribution in [0.3, 0.4) is 0 Å². The average Bonchev–Trinajstić information content (AvgIpc) is 2.11. The lowest BCUT2D eigenvalue weighted by Crippen LogP contribution is -2.04. The molecule has 0 heterocycles. The Balaban J connectivity index is 3.07. The van der Waals surface area contributed by atoms with Crippen LogP contribution in [0.15, 0.2) is 12.1 Å². The lowest BCUT2D eigenvalue weighted by atomic mass is 9.99. The first-order valence-electron chi connectivity index (χ1n) is 5.02. The second kappa shape index (κ2) is 4.93. The molecule has 1 aromatic carbocycles. The molecule has 1 rings (SSSR count). The SMILES string of the molecule is Cc1ccc(F)c(C(Cl)CC(C)C)c1F. The largest absolute Gasteiger partial charge is 0.207 e. The van der Waals surface area contributed by atoms with E-state index >= 15 is 0 Å². The Morgan fingerprint density at radius 1 is 1.27 bits per heavy atom. The third kappa shape index (κ3) is 2.91. The van der Waals surface area contributed by atoms with Gasteiger partial charge in [-0.05, 0) is 30.9 Å². The van der Waals surface area contributed by atoms with Crippen molar-refractivity contribution in [3.8, 4) is 0 Å². The van der Waals surface area contributed by atoms with E-state index in [1.54, 1.807) is 6.92 Å². The van der Waals surface area contributed by atoms with Crippen LogP contribution in [0.1, 0.15) is 36.8 Å². The Bertz CT molecular complexity index is 348. The van der Waals surface area contributed by atoms with E-state index in [9.17, 15) is 8.78 Å². The summed E-state index contributed by atoms with van der Waals surface area (Å²) in [4.78, 5) is 0. The molecule has 0 radical (unpaired) electrons. The summed E-state index contributed by atoms with van der Waals surface area (Å²) in [5.41, 5.74) is 0.436. The number of rotatable bonds is 3. The van der Waals surface area contributed by atoms with Gasteiger partial charge in [-0.3, -0.25) is 0 Å². The van der Waals surface area contributed by atoms with Crippen molar-refractivity contribution >= 4 is 11.6 Å². The summed E-state index contributed by atoms with van der Waals surface area (Å²) in [5, 5.41) is -0.593. The van der Waals surface area contributed by atoms with Crippen molar-refractivity contribution in [3.05, 3.63) is 34.9 Å². The Morgan fingerprint density at radius 2 is 1.87 bits per heavy atom. The zero-order valence-electron chi connectivity index (χ0n) is 9.15. The standard InChI is InChI=1S/C12H15ClF2/c1-7(2)6-9(13)11-10(14)5-4-8(3)12(11)15/h4-5,7,9H,6H2,1-3H3. The molecule has 0 amide bonds. The van der Waals surface area contributed by atoms with Crippen molar-refractivity contribution in [2.45, 2.75) is 32.6 Å². The quantitative estimate of drug-likeness (QED) is 0.669. The normalized spacial score (nSPS) is 13.3. The van der Waals surface area contributed by atoms with E-state index < -0.39 is 17.0 Å². The number of hydrogen-bond acceptors (Lipinski definition) is 0. The van der Waals surface area contributed by atoms with Crippen molar-refractivity contribution in [2.24, 2.45) is 5.92 Å². The third-order valence-electron chi connectivity index (χ3n) is 2.31. The van der Waals surface area contributed by atoms with Crippen LogP contribution in [0.2, 0.25) is 0 Å². The fourth-order valence-electron chi connectivity index (χ4n) is 1.50. The molecule has 15 heavy (non-hydrogen) atoms. The van der Waals surface area contributed by atoms with Crippen LogP contribution < -0.4 is 0 Å². The molecule has 0 saturated heterocycles. The Kier molecular flexibility index (Phi) is 4.09. The van der Waals surface area contributed by atoms with Gasteiger partial charge < -0.3 is 0 Å². The molecular weight excluding hydrogens is 218 g/mol. The predicted molar refractivity (Wildman–Crippen MR) is 59.1 cm³/mol. The summed E-state index contributed by atoms with van der Waals surface area (Å²) < 4.78 is 27.0. The lowest BCUT2D eigenvalue weighted by molar-refractivity contribution is 0.510. The first-order chi connectivity index (χ1) is 6.93. The van der Waals surface area contributed by atoms with Gasteiger partial charge >= 0.3 is 0 Å². The maximum absolute atomic E-state index is 13.6. The molecule has 1 atom stereocenters. The molecule has 0 spiro atoms. The first-order valence-corrected chi connectivity index (χ1v) is 5.45. The number of alkyl halides is 1. The second-order valence-electron chi connectivity index (χ2n) is 4.19. The molecule has 0 bridgehead atoms.